The second kappa shape index (κ2) is 1.13. The van der Waals surface area contributed by atoms with E-state index in [0.29, 0.717) is 0 Å². The molecule has 0 N–H and O–H groups in total. The minimum atomic E-state index is 0.752. The Bertz CT molecular complexity index is 194. The lowest BCUT2D eigenvalue weighted by molar-refractivity contribution is 0.671. The highest BCUT2D eigenvalue weighted by Crippen LogP contribution is 2.41. The monoisotopic (exact) mass is 104 g/mol. The standard InChI is InChI=1S/C8H8/c1-6-5-7-3-2-4-8(6)7/h2-4,7H,1,5H2. The molecule has 0 amide bonds. The average Bonchev–Trinajstić information content (AvgIpc) is 2.09. The molecule has 40 valence electrons. The maximum atomic E-state index is 3.89. The van der Waals surface area contributed by atoms with Crippen molar-refractivity contribution in [1.82, 2.24) is 0 Å². The predicted octanol–water partition coefficient (Wildman–Crippen LogP) is 2.06. The maximum absolute atomic E-state index is 3.89. The van der Waals surface area contributed by atoms with Gasteiger partial charge in [0.2, 0.25) is 0 Å². The summed E-state index contributed by atoms with van der Waals surface area (Å²) in [5.41, 5.74) is 2.80. The van der Waals surface area contributed by atoms with Gasteiger partial charge >= 0.3 is 0 Å². The fourth-order valence-corrected chi connectivity index (χ4v) is 1.33. The van der Waals surface area contributed by atoms with Crippen LogP contribution in [0.4, 0.5) is 0 Å². The molecule has 1 fully saturated rings. The van der Waals surface area contributed by atoms with Crippen molar-refractivity contribution in [2.75, 3.05) is 0 Å². The van der Waals surface area contributed by atoms with E-state index in [9.17, 15) is 0 Å². The first-order chi connectivity index (χ1) is 3.88. The van der Waals surface area contributed by atoms with Crippen LogP contribution >= 0.6 is 0 Å². The molecule has 2 rings (SSSR count). The summed E-state index contributed by atoms with van der Waals surface area (Å²) in [7, 11) is 0. The minimum absolute atomic E-state index is 0.752. The Balaban J connectivity index is 2.38. The van der Waals surface area contributed by atoms with Gasteiger partial charge in [0.1, 0.15) is 0 Å². The molecule has 0 aliphatic heterocycles. The van der Waals surface area contributed by atoms with E-state index in [4.69, 9.17) is 0 Å². The molecule has 8 heavy (non-hydrogen) atoms. The van der Waals surface area contributed by atoms with E-state index < -0.39 is 0 Å². The zero-order valence-electron chi connectivity index (χ0n) is 4.72. The molecule has 0 saturated heterocycles. The van der Waals surface area contributed by atoms with Crippen molar-refractivity contribution in [2.45, 2.75) is 6.42 Å². The summed E-state index contributed by atoms with van der Waals surface area (Å²) < 4.78 is 0. The van der Waals surface area contributed by atoms with Crippen LogP contribution in [0.2, 0.25) is 0 Å². The predicted molar refractivity (Wildman–Crippen MR) is 34.5 cm³/mol. The SMILES string of the molecule is C=C1CC2C=CC=C12. The summed E-state index contributed by atoms with van der Waals surface area (Å²) in [5.74, 6) is 0.752. The zero-order chi connectivity index (χ0) is 5.56. The van der Waals surface area contributed by atoms with E-state index >= 15 is 0 Å². The summed E-state index contributed by atoms with van der Waals surface area (Å²) in [4.78, 5) is 0. The Labute approximate surface area is 49.2 Å². The molecule has 0 nitrogen and oxygen atoms in total. The van der Waals surface area contributed by atoms with Crippen LogP contribution in [0.3, 0.4) is 0 Å². The van der Waals surface area contributed by atoms with Gasteiger partial charge in [-0.2, -0.15) is 0 Å². The van der Waals surface area contributed by atoms with Crippen LogP contribution < -0.4 is 0 Å². The maximum Gasteiger partial charge on any atom is 0.00639 e. The highest BCUT2D eigenvalue weighted by Gasteiger charge is 2.27. The Morgan fingerprint density at radius 3 is 3.00 bits per heavy atom. The summed E-state index contributed by atoms with van der Waals surface area (Å²) in [5, 5.41) is 0. The lowest BCUT2D eigenvalue weighted by Crippen LogP contribution is -2.12. The smallest absolute Gasteiger partial charge is 0.00639 e. The molecular formula is C8H8. The van der Waals surface area contributed by atoms with E-state index in [-0.39, 0.29) is 0 Å². The summed E-state index contributed by atoms with van der Waals surface area (Å²) in [6, 6.07) is 0. The minimum Gasteiger partial charge on any atom is -0.0955 e. The van der Waals surface area contributed by atoms with Gasteiger partial charge in [-0.3, -0.25) is 0 Å². The number of rotatable bonds is 0. The van der Waals surface area contributed by atoms with Gasteiger partial charge in [-0.25, -0.2) is 0 Å². The Kier molecular flexibility index (Phi) is 0.587. The van der Waals surface area contributed by atoms with E-state index in [0.717, 1.165) is 5.92 Å². The summed E-state index contributed by atoms with van der Waals surface area (Å²) in [6.07, 6.45) is 7.72. The molecule has 0 aromatic heterocycles. The van der Waals surface area contributed by atoms with Gasteiger partial charge in [0.05, 0.1) is 0 Å². The Morgan fingerprint density at radius 2 is 2.50 bits per heavy atom. The van der Waals surface area contributed by atoms with Crippen LogP contribution in [-0.2, 0) is 0 Å². The molecule has 1 atom stereocenters. The van der Waals surface area contributed by atoms with Gasteiger partial charge in [0.25, 0.3) is 0 Å². The zero-order valence-corrected chi connectivity index (χ0v) is 4.72. The molecule has 0 aromatic rings. The third-order valence-electron chi connectivity index (χ3n) is 1.89. The van der Waals surface area contributed by atoms with Crippen LogP contribution in [0, 0.1) is 5.92 Å². The molecule has 2 aliphatic rings. The lowest BCUT2D eigenvalue weighted by atomic mass is 9.78. The van der Waals surface area contributed by atoms with Gasteiger partial charge in [-0.1, -0.05) is 30.4 Å². The van der Waals surface area contributed by atoms with Crippen LogP contribution in [-0.4, -0.2) is 0 Å². The van der Waals surface area contributed by atoms with Crippen molar-refractivity contribution in [3.8, 4) is 0 Å². The summed E-state index contributed by atoms with van der Waals surface area (Å²) >= 11 is 0. The third-order valence-corrected chi connectivity index (χ3v) is 1.89. The van der Waals surface area contributed by atoms with Crippen LogP contribution in [0.1, 0.15) is 6.42 Å². The number of allylic oxidation sites excluding steroid dienone is 5. The molecule has 0 spiro atoms. The molecule has 0 radical (unpaired) electrons. The van der Waals surface area contributed by atoms with Crippen molar-refractivity contribution in [3.05, 3.63) is 36.0 Å². The van der Waals surface area contributed by atoms with Gasteiger partial charge in [0, 0.05) is 5.92 Å². The van der Waals surface area contributed by atoms with Gasteiger partial charge in [-0.05, 0) is 12.0 Å². The number of fused-ring (bicyclic) bond motifs is 1. The number of hydrogen-bond acceptors (Lipinski definition) is 0. The highest BCUT2D eigenvalue weighted by atomic mass is 14.3. The topological polar surface area (TPSA) is 0 Å². The first-order valence-electron chi connectivity index (χ1n) is 2.94. The molecular weight excluding hydrogens is 96.1 g/mol. The van der Waals surface area contributed by atoms with E-state index in [2.05, 4.69) is 24.8 Å². The van der Waals surface area contributed by atoms with Crippen LogP contribution in [0.5, 0.6) is 0 Å². The Morgan fingerprint density at radius 1 is 1.62 bits per heavy atom. The van der Waals surface area contributed by atoms with Crippen molar-refractivity contribution in [2.24, 2.45) is 5.92 Å². The van der Waals surface area contributed by atoms with E-state index in [1.54, 1.807) is 0 Å². The van der Waals surface area contributed by atoms with Gasteiger partial charge in [-0.15, -0.1) is 0 Å². The molecule has 1 saturated carbocycles. The average molecular weight is 104 g/mol. The Hall–Kier alpha value is -0.780. The fraction of sp³-hybridized carbons (Fsp3) is 0.250. The molecule has 0 heterocycles. The quantitative estimate of drug-likeness (QED) is 0.441. The lowest BCUT2D eigenvalue weighted by Gasteiger charge is -2.26. The van der Waals surface area contributed by atoms with Gasteiger partial charge in [0.15, 0.2) is 0 Å². The van der Waals surface area contributed by atoms with Crippen molar-refractivity contribution in [3.63, 3.8) is 0 Å². The normalized spacial score (nSPS) is 31.8. The summed E-state index contributed by atoms with van der Waals surface area (Å²) in [6.45, 7) is 3.89. The van der Waals surface area contributed by atoms with Gasteiger partial charge < -0.3 is 0 Å². The number of hydrogen-bond donors (Lipinski definition) is 0. The fourth-order valence-electron chi connectivity index (χ4n) is 1.33. The second-order valence-corrected chi connectivity index (χ2v) is 2.42. The van der Waals surface area contributed by atoms with Crippen molar-refractivity contribution >= 4 is 0 Å². The van der Waals surface area contributed by atoms with E-state index in [1.807, 2.05) is 0 Å². The highest BCUT2D eigenvalue weighted by molar-refractivity contribution is 5.49. The van der Waals surface area contributed by atoms with Crippen molar-refractivity contribution in [1.29, 1.82) is 0 Å². The van der Waals surface area contributed by atoms with E-state index in [1.165, 1.54) is 17.6 Å². The molecule has 2 aliphatic carbocycles. The third kappa shape index (κ3) is 0.313. The van der Waals surface area contributed by atoms with Crippen molar-refractivity contribution < 1.29 is 0 Å². The molecule has 1 unspecified atom stereocenters. The molecule has 0 aromatic carbocycles. The largest absolute Gasteiger partial charge is 0.0955 e. The second-order valence-electron chi connectivity index (χ2n) is 2.42. The van der Waals surface area contributed by atoms with Crippen LogP contribution in [0.15, 0.2) is 36.0 Å². The first kappa shape index (κ1) is 4.13. The molecule has 0 heteroatoms. The van der Waals surface area contributed by atoms with Crippen LogP contribution in [0.25, 0.3) is 0 Å². The molecule has 0 bridgehead atoms. The first-order valence-corrected chi connectivity index (χ1v) is 2.94.